The minimum atomic E-state index is -4.80. The number of anilines is 1. The number of amides is 2. The number of piperidine rings is 1. The topological polar surface area (TPSA) is 118 Å². The Balaban J connectivity index is 1.36. The lowest BCUT2D eigenvalue weighted by molar-refractivity contribution is -0.274. The molecule has 38 heavy (non-hydrogen) atoms. The number of ether oxygens (including phenoxy) is 1. The first-order valence-corrected chi connectivity index (χ1v) is 11.9. The number of benzene rings is 2. The molecule has 3 heterocycles. The van der Waals surface area contributed by atoms with Crippen LogP contribution in [-0.2, 0) is 7.05 Å². The zero-order valence-electron chi connectivity index (χ0n) is 20.4. The minimum Gasteiger partial charge on any atom is -0.406 e. The van der Waals surface area contributed by atoms with Crippen molar-refractivity contribution in [2.24, 2.45) is 12.8 Å². The van der Waals surface area contributed by atoms with Gasteiger partial charge in [0.05, 0.1) is 17.3 Å². The third-order valence-electron chi connectivity index (χ3n) is 6.50. The van der Waals surface area contributed by atoms with Crippen LogP contribution < -0.4 is 20.7 Å². The van der Waals surface area contributed by atoms with Gasteiger partial charge in [0.25, 0.3) is 11.8 Å². The van der Waals surface area contributed by atoms with Gasteiger partial charge in [-0.1, -0.05) is 0 Å². The van der Waals surface area contributed by atoms with Gasteiger partial charge in [-0.25, -0.2) is 0 Å². The maximum Gasteiger partial charge on any atom is 0.573 e. The number of nitrogens with zero attached hydrogens (tertiary/aromatic N) is 3. The second-order valence-corrected chi connectivity index (χ2v) is 9.20. The molecule has 12 heteroatoms. The molecule has 2 aromatic carbocycles. The molecule has 4 N–H and O–H groups in total. The minimum absolute atomic E-state index is 0.190. The number of carbonyl (C=O) groups excluding carboxylic acids is 2. The van der Waals surface area contributed by atoms with E-state index in [-0.39, 0.29) is 17.5 Å². The SMILES string of the molecule is Cn1cc(-c2cc3c(N4CCC[C@@H](NC(=O)c5ccc(OC(F)(F)F)cc5)C4)ccc(C(N)=O)c3[nH]2)cn1. The van der Waals surface area contributed by atoms with E-state index in [1.54, 1.807) is 16.9 Å². The summed E-state index contributed by atoms with van der Waals surface area (Å²) in [7, 11) is 1.82. The second kappa shape index (κ2) is 9.77. The molecule has 0 spiro atoms. The Morgan fingerprint density at radius 3 is 2.61 bits per heavy atom. The molecule has 198 valence electrons. The zero-order valence-corrected chi connectivity index (χ0v) is 20.4. The van der Waals surface area contributed by atoms with Gasteiger partial charge in [-0.2, -0.15) is 5.10 Å². The maximum atomic E-state index is 12.8. The third kappa shape index (κ3) is 5.29. The zero-order chi connectivity index (χ0) is 27.0. The summed E-state index contributed by atoms with van der Waals surface area (Å²) in [5.74, 6) is -1.32. The summed E-state index contributed by atoms with van der Waals surface area (Å²) in [6.45, 7) is 1.26. The van der Waals surface area contributed by atoms with Crippen LogP contribution >= 0.6 is 0 Å². The quantitative estimate of drug-likeness (QED) is 0.352. The molecule has 0 radical (unpaired) electrons. The van der Waals surface area contributed by atoms with Crippen LogP contribution in [0.1, 0.15) is 33.6 Å². The number of rotatable bonds is 6. The first kappa shape index (κ1) is 25.2. The molecule has 2 amide bonds. The Labute approximate surface area is 215 Å². The second-order valence-electron chi connectivity index (χ2n) is 9.20. The number of alkyl halides is 3. The number of nitrogens with one attached hydrogen (secondary N) is 2. The molecule has 1 aliphatic heterocycles. The number of aromatic nitrogens is 3. The Bertz CT molecular complexity index is 1490. The number of aromatic amines is 1. The largest absolute Gasteiger partial charge is 0.573 e. The molecule has 1 saturated heterocycles. The number of primary amides is 1. The number of H-pyrrole nitrogens is 1. The number of nitrogens with two attached hydrogens (primary N) is 1. The van der Waals surface area contributed by atoms with E-state index in [1.165, 1.54) is 12.1 Å². The summed E-state index contributed by atoms with van der Waals surface area (Å²) in [6, 6.07) is 10.1. The highest BCUT2D eigenvalue weighted by Gasteiger charge is 2.31. The van der Waals surface area contributed by atoms with Crippen molar-refractivity contribution >= 4 is 28.4 Å². The Kier molecular flexibility index (Phi) is 6.47. The van der Waals surface area contributed by atoms with Gasteiger partial charge in [-0.15, -0.1) is 13.2 Å². The van der Waals surface area contributed by atoms with Crippen molar-refractivity contribution in [3.05, 3.63) is 66.0 Å². The number of hydrogen-bond acceptors (Lipinski definition) is 5. The fraction of sp³-hybridized carbons (Fsp3) is 0.269. The molecule has 1 fully saturated rings. The van der Waals surface area contributed by atoms with E-state index in [4.69, 9.17) is 5.73 Å². The summed E-state index contributed by atoms with van der Waals surface area (Å²) >= 11 is 0. The number of fused-ring (bicyclic) bond motifs is 1. The lowest BCUT2D eigenvalue weighted by Gasteiger charge is -2.35. The van der Waals surface area contributed by atoms with Crippen molar-refractivity contribution in [2.75, 3.05) is 18.0 Å². The maximum absolute atomic E-state index is 12.8. The molecule has 2 aromatic heterocycles. The summed E-state index contributed by atoms with van der Waals surface area (Å²) in [4.78, 5) is 30.3. The first-order chi connectivity index (χ1) is 18.1. The third-order valence-corrected chi connectivity index (χ3v) is 6.50. The highest BCUT2D eigenvalue weighted by Crippen LogP contribution is 2.35. The van der Waals surface area contributed by atoms with Gasteiger partial charge >= 0.3 is 6.36 Å². The van der Waals surface area contributed by atoms with Gasteiger partial charge in [0.15, 0.2) is 0 Å². The number of halogens is 3. The van der Waals surface area contributed by atoms with Gasteiger partial charge in [0.2, 0.25) is 0 Å². The normalized spacial score (nSPS) is 16.0. The van der Waals surface area contributed by atoms with Gasteiger partial charge in [0, 0.05) is 60.3 Å². The molecule has 4 aromatic rings. The predicted molar refractivity (Wildman–Crippen MR) is 135 cm³/mol. The smallest absolute Gasteiger partial charge is 0.406 e. The van der Waals surface area contributed by atoms with Crippen LogP contribution in [0.25, 0.3) is 22.2 Å². The number of hydrogen-bond donors (Lipinski definition) is 3. The highest BCUT2D eigenvalue weighted by atomic mass is 19.4. The molecule has 5 rings (SSSR count). The molecular formula is C26H25F3N6O3. The standard InChI is InChI=1S/C26H25F3N6O3/c1-34-13-16(12-31-34)21-11-20-22(9-8-19(24(30)36)23(20)33-21)35-10-2-3-17(14-35)32-25(37)15-4-6-18(7-5-15)38-26(27,28)29/h4-9,11-13,17,33H,2-3,10,14H2,1H3,(H2,30,36)(H,32,37)/t17-/m1/s1. The Morgan fingerprint density at radius 2 is 1.95 bits per heavy atom. The molecule has 0 unspecified atom stereocenters. The molecule has 1 atom stereocenters. The van der Waals surface area contributed by atoms with Gasteiger partial charge in [-0.05, 0) is 55.3 Å². The van der Waals surface area contributed by atoms with Crippen LogP contribution in [0.5, 0.6) is 5.75 Å². The molecule has 9 nitrogen and oxygen atoms in total. The monoisotopic (exact) mass is 526 g/mol. The lowest BCUT2D eigenvalue weighted by Crippen LogP contribution is -2.47. The Hall–Kier alpha value is -4.48. The van der Waals surface area contributed by atoms with Crippen molar-refractivity contribution in [1.82, 2.24) is 20.1 Å². The first-order valence-electron chi connectivity index (χ1n) is 11.9. The molecule has 0 aliphatic carbocycles. The molecule has 1 aliphatic rings. The van der Waals surface area contributed by atoms with Crippen molar-refractivity contribution in [2.45, 2.75) is 25.2 Å². The van der Waals surface area contributed by atoms with E-state index in [9.17, 15) is 22.8 Å². The molecular weight excluding hydrogens is 501 g/mol. The summed E-state index contributed by atoms with van der Waals surface area (Å²) in [5, 5.41) is 8.02. The Morgan fingerprint density at radius 1 is 1.18 bits per heavy atom. The predicted octanol–water partition coefficient (Wildman–Crippen LogP) is 3.96. The van der Waals surface area contributed by atoms with E-state index in [0.717, 1.165) is 53.9 Å². The summed E-state index contributed by atoms with van der Waals surface area (Å²) in [6.07, 6.45) is 0.343. The van der Waals surface area contributed by atoms with E-state index in [1.807, 2.05) is 25.4 Å². The fourth-order valence-corrected chi connectivity index (χ4v) is 4.79. The average Bonchev–Trinajstić information content (AvgIpc) is 3.49. The highest BCUT2D eigenvalue weighted by molar-refractivity contribution is 6.10. The van der Waals surface area contributed by atoms with E-state index >= 15 is 0 Å². The van der Waals surface area contributed by atoms with Gasteiger partial charge in [0.1, 0.15) is 5.75 Å². The average molecular weight is 527 g/mol. The van der Waals surface area contributed by atoms with Crippen molar-refractivity contribution in [3.8, 4) is 17.0 Å². The van der Waals surface area contributed by atoms with Crippen LogP contribution in [0.2, 0.25) is 0 Å². The van der Waals surface area contributed by atoms with Crippen LogP contribution in [0.15, 0.2) is 54.9 Å². The van der Waals surface area contributed by atoms with Crippen molar-refractivity contribution < 1.29 is 27.5 Å². The van der Waals surface area contributed by atoms with Crippen molar-refractivity contribution in [3.63, 3.8) is 0 Å². The van der Waals surface area contributed by atoms with Gasteiger partial charge < -0.3 is 25.7 Å². The van der Waals surface area contributed by atoms with Crippen LogP contribution in [-0.4, -0.2) is 52.1 Å². The van der Waals surface area contributed by atoms with Crippen LogP contribution in [0, 0.1) is 0 Å². The number of aryl methyl sites for hydroxylation is 1. The summed E-state index contributed by atoms with van der Waals surface area (Å²) < 4.78 is 42.7. The van der Waals surface area contributed by atoms with E-state index < -0.39 is 18.0 Å². The lowest BCUT2D eigenvalue weighted by atomic mass is 10.0. The van der Waals surface area contributed by atoms with E-state index in [0.29, 0.717) is 17.6 Å². The van der Waals surface area contributed by atoms with Crippen LogP contribution in [0.3, 0.4) is 0 Å². The van der Waals surface area contributed by atoms with E-state index in [2.05, 4.69) is 25.0 Å². The molecule has 0 bridgehead atoms. The number of carbonyl (C=O) groups is 2. The van der Waals surface area contributed by atoms with Crippen LogP contribution in [0.4, 0.5) is 18.9 Å². The fourth-order valence-electron chi connectivity index (χ4n) is 4.79. The van der Waals surface area contributed by atoms with Crippen molar-refractivity contribution in [1.29, 1.82) is 0 Å². The molecule has 0 saturated carbocycles. The summed E-state index contributed by atoms with van der Waals surface area (Å²) in [5.41, 5.74) is 9.41. The van der Waals surface area contributed by atoms with Gasteiger partial charge in [-0.3, -0.25) is 14.3 Å².